The Hall–Kier alpha value is -2.58. The first-order chi connectivity index (χ1) is 11.5. The number of benzene rings is 1. The maximum absolute atomic E-state index is 12.1. The van der Waals surface area contributed by atoms with Crippen molar-refractivity contribution in [3.05, 3.63) is 45.9 Å². The van der Waals surface area contributed by atoms with Crippen molar-refractivity contribution in [1.82, 2.24) is 20.6 Å². The standard InChI is InChI=1S/C15H13ClN4O3S/c1-8-11-7-12(13(21)17-18-15(22)23-2)24-14(11)20(19-8)10-5-3-9(16)4-6-10/h3-7H,1-2H3,(H,17,21)(H,18,22). The molecule has 3 aromatic rings. The normalized spacial score (nSPS) is 10.6. The van der Waals surface area contributed by atoms with Crippen LogP contribution < -0.4 is 10.9 Å². The third kappa shape index (κ3) is 3.06. The monoisotopic (exact) mass is 364 g/mol. The molecule has 9 heteroatoms. The van der Waals surface area contributed by atoms with Gasteiger partial charge >= 0.3 is 6.09 Å². The molecule has 0 unspecified atom stereocenters. The van der Waals surface area contributed by atoms with Gasteiger partial charge in [0.1, 0.15) is 4.83 Å². The summed E-state index contributed by atoms with van der Waals surface area (Å²) in [5.74, 6) is -0.427. The zero-order valence-electron chi connectivity index (χ0n) is 12.8. The molecule has 0 aliphatic carbocycles. The number of rotatable bonds is 2. The molecule has 3 rings (SSSR count). The molecule has 0 saturated heterocycles. The Kier molecular flexibility index (Phi) is 4.41. The molecule has 0 bridgehead atoms. The minimum Gasteiger partial charge on any atom is -0.452 e. The van der Waals surface area contributed by atoms with E-state index in [1.54, 1.807) is 22.9 Å². The van der Waals surface area contributed by atoms with Crippen LogP contribution in [0.1, 0.15) is 15.4 Å². The summed E-state index contributed by atoms with van der Waals surface area (Å²) in [5, 5.41) is 6.01. The van der Waals surface area contributed by atoms with Crippen LogP contribution in [0.15, 0.2) is 30.3 Å². The molecule has 2 aromatic heterocycles. The number of carbonyl (C=O) groups excluding carboxylic acids is 2. The van der Waals surface area contributed by atoms with E-state index in [0.717, 1.165) is 21.6 Å². The molecule has 1 aromatic carbocycles. The van der Waals surface area contributed by atoms with Crippen LogP contribution in [0, 0.1) is 6.92 Å². The SMILES string of the molecule is COC(=O)NNC(=O)c1cc2c(C)nn(-c3ccc(Cl)cc3)c2s1. The third-order valence-corrected chi connectivity index (χ3v) is 4.66. The Balaban J connectivity index is 1.94. The number of ether oxygens (including phenoxy) is 1. The molecule has 2 N–H and O–H groups in total. The van der Waals surface area contributed by atoms with E-state index in [9.17, 15) is 9.59 Å². The average molecular weight is 365 g/mol. The van der Waals surface area contributed by atoms with Crippen LogP contribution in [0.5, 0.6) is 0 Å². The number of fused-ring (bicyclic) bond motifs is 1. The van der Waals surface area contributed by atoms with E-state index in [1.165, 1.54) is 18.4 Å². The Morgan fingerprint density at radius 1 is 1.25 bits per heavy atom. The van der Waals surface area contributed by atoms with Gasteiger partial charge in [-0.3, -0.25) is 10.2 Å². The Morgan fingerprint density at radius 3 is 2.62 bits per heavy atom. The number of halogens is 1. The zero-order valence-corrected chi connectivity index (χ0v) is 14.4. The Bertz CT molecular complexity index is 917. The van der Waals surface area contributed by atoms with E-state index >= 15 is 0 Å². The fourth-order valence-corrected chi connectivity index (χ4v) is 3.34. The fraction of sp³-hybridized carbons (Fsp3) is 0.133. The predicted molar refractivity (Wildman–Crippen MR) is 91.7 cm³/mol. The fourth-order valence-electron chi connectivity index (χ4n) is 2.14. The highest BCUT2D eigenvalue weighted by atomic mass is 35.5. The minimum atomic E-state index is -0.743. The number of hydrogen-bond donors (Lipinski definition) is 2. The van der Waals surface area contributed by atoms with E-state index in [2.05, 4.69) is 20.7 Å². The van der Waals surface area contributed by atoms with E-state index in [4.69, 9.17) is 11.6 Å². The smallest absolute Gasteiger partial charge is 0.425 e. The molecule has 0 saturated carbocycles. The van der Waals surface area contributed by atoms with Gasteiger partial charge in [0.15, 0.2) is 0 Å². The number of aryl methyl sites for hydroxylation is 1. The van der Waals surface area contributed by atoms with Crippen molar-refractivity contribution in [1.29, 1.82) is 0 Å². The van der Waals surface area contributed by atoms with Crippen LogP contribution in [0.4, 0.5) is 4.79 Å². The lowest BCUT2D eigenvalue weighted by molar-refractivity contribution is 0.0924. The van der Waals surface area contributed by atoms with Gasteiger partial charge in [-0.2, -0.15) is 5.10 Å². The number of amides is 2. The van der Waals surface area contributed by atoms with Crippen LogP contribution in [0.2, 0.25) is 5.02 Å². The van der Waals surface area contributed by atoms with Crippen molar-refractivity contribution in [3.8, 4) is 5.69 Å². The van der Waals surface area contributed by atoms with Gasteiger partial charge in [-0.25, -0.2) is 14.9 Å². The number of aromatic nitrogens is 2. The largest absolute Gasteiger partial charge is 0.452 e. The van der Waals surface area contributed by atoms with Crippen molar-refractivity contribution >= 4 is 45.2 Å². The second-order valence-electron chi connectivity index (χ2n) is 4.87. The van der Waals surface area contributed by atoms with Crippen LogP contribution >= 0.6 is 22.9 Å². The summed E-state index contributed by atoms with van der Waals surface area (Å²) >= 11 is 7.19. The van der Waals surface area contributed by atoms with Crippen molar-refractivity contribution in [3.63, 3.8) is 0 Å². The molecule has 7 nitrogen and oxygen atoms in total. The molecule has 124 valence electrons. The van der Waals surface area contributed by atoms with Crippen molar-refractivity contribution < 1.29 is 14.3 Å². The molecule has 0 aliphatic rings. The highest BCUT2D eigenvalue weighted by Gasteiger charge is 2.17. The quantitative estimate of drug-likeness (QED) is 0.684. The number of nitrogens with zero attached hydrogens (tertiary/aromatic N) is 2. The average Bonchev–Trinajstić information content (AvgIpc) is 3.14. The van der Waals surface area contributed by atoms with Gasteiger partial charge in [-0.05, 0) is 37.3 Å². The molecule has 0 atom stereocenters. The number of methoxy groups -OCH3 is 1. The summed E-state index contributed by atoms with van der Waals surface area (Å²) in [6, 6.07) is 9.00. The van der Waals surface area contributed by atoms with Crippen LogP contribution in [0.3, 0.4) is 0 Å². The highest BCUT2D eigenvalue weighted by molar-refractivity contribution is 7.20. The summed E-state index contributed by atoms with van der Waals surface area (Å²) in [6.45, 7) is 1.87. The van der Waals surface area contributed by atoms with Crippen LogP contribution in [0.25, 0.3) is 15.9 Å². The second kappa shape index (κ2) is 6.50. The second-order valence-corrected chi connectivity index (χ2v) is 6.34. The molecule has 0 spiro atoms. The third-order valence-electron chi connectivity index (χ3n) is 3.30. The number of thiophene rings is 1. The zero-order chi connectivity index (χ0) is 17.3. The summed E-state index contributed by atoms with van der Waals surface area (Å²) in [5.41, 5.74) is 6.08. The van der Waals surface area contributed by atoms with Gasteiger partial charge in [-0.1, -0.05) is 11.6 Å². The number of hydrazine groups is 1. The number of nitrogens with one attached hydrogen (secondary N) is 2. The van der Waals surface area contributed by atoms with Crippen molar-refractivity contribution in [2.45, 2.75) is 6.92 Å². The summed E-state index contributed by atoms with van der Waals surface area (Å²) in [7, 11) is 1.21. The summed E-state index contributed by atoms with van der Waals surface area (Å²) < 4.78 is 6.16. The van der Waals surface area contributed by atoms with Gasteiger partial charge in [-0.15, -0.1) is 11.3 Å². The topological polar surface area (TPSA) is 85.2 Å². The molecule has 24 heavy (non-hydrogen) atoms. The summed E-state index contributed by atoms with van der Waals surface area (Å²) in [4.78, 5) is 24.4. The molecule has 0 aliphatic heterocycles. The van der Waals surface area contributed by atoms with Crippen LogP contribution in [-0.4, -0.2) is 28.9 Å². The number of carbonyl (C=O) groups is 2. The summed E-state index contributed by atoms with van der Waals surface area (Å²) in [6.07, 6.45) is -0.743. The molecular formula is C15H13ClN4O3S. The van der Waals surface area contributed by atoms with E-state index in [1.807, 2.05) is 19.1 Å². The van der Waals surface area contributed by atoms with Gasteiger partial charge in [0.25, 0.3) is 5.91 Å². The van der Waals surface area contributed by atoms with Crippen molar-refractivity contribution in [2.75, 3.05) is 7.11 Å². The first kappa shape index (κ1) is 16.3. The number of hydrogen-bond acceptors (Lipinski definition) is 5. The first-order valence-corrected chi connectivity index (χ1v) is 8.08. The van der Waals surface area contributed by atoms with Gasteiger partial charge in [0, 0.05) is 10.4 Å². The van der Waals surface area contributed by atoms with Gasteiger partial charge in [0.05, 0.1) is 23.4 Å². The van der Waals surface area contributed by atoms with Crippen LogP contribution in [-0.2, 0) is 4.74 Å². The molecule has 0 radical (unpaired) electrons. The Morgan fingerprint density at radius 2 is 1.96 bits per heavy atom. The van der Waals surface area contributed by atoms with E-state index in [0.29, 0.717) is 9.90 Å². The first-order valence-electron chi connectivity index (χ1n) is 6.89. The lowest BCUT2D eigenvalue weighted by Gasteiger charge is -2.04. The van der Waals surface area contributed by atoms with Crippen molar-refractivity contribution in [2.24, 2.45) is 0 Å². The Labute approximate surface area is 146 Å². The maximum atomic E-state index is 12.1. The molecule has 0 fully saturated rings. The van der Waals surface area contributed by atoms with E-state index in [-0.39, 0.29) is 0 Å². The lowest BCUT2D eigenvalue weighted by atomic mass is 10.3. The minimum absolute atomic E-state index is 0.427. The van der Waals surface area contributed by atoms with E-state index < -0.39 is 12.0 Å². The highest BCUT2D eigenvalue weighted by Crippen LogP contribution is 2.30. The predicted octanol–water partition coefficient (Wildman–Crippen LogP) is 3.05. The molecule has 2 amide bonds. The van der Waals surface area contributed by atoms with Gasteiger partial charge < -0.3 is 4.74 Å². The van der Waals surface area contributed by atoms with Gasteiger partial charge in [0.2, 0.25) is 0 Å². The maximum Gasteiger partial charge on any atom is 0.425 e. The lowest BCUT2D eigenvalue weighted by Crippen LogP contribution is -2.41. The molecular weight excluding hydrogens is 352 g/mol. The molecule has 2 heterocycles.